The molecule has 3 aromatic carbocycles. The van der Waals surface area contributed by atoms with Crippen molar-refractivity contribution in [3.05, 3.63) is 123 Å². The van der Waals surface area contributed by atoms with Gasteiger partial charge in [-0.05, 0) is 73.0 Å². The predicted octanol–water partition coefficient (Wildman–Crippen LogP) is 7.24. The Bertz CT molecular complexity index is 1920. The Morgan fingerprint density at radius 1 is 1.07 bits per heavy atom. The van der Waals surface area contributed by atoms with E-state index in [0.717, 1.165) is 22.0 Å². The van der Waals surface area contributed by atoms with E-state index >= 15 is 0 Å². The Hall–Kier alpha value is -3.37. The summed E-state index contributed by atoms with van der Waals surface area (Å²) in [6.45, 7) is 4.30. The number of esters is 1. The van der Waals surface area contributed by atoms with Gasteiger partial charge < -0.3 is 14.2 Å². The molecule has 0 saturated carbocycles. The normalized spacial score (nSPS) is 14.7. The molecule has 0 spiro atoms. The number of carbonyl (C=O) groups excluding carboxylic acids is 1. The number of hydrogen-bond acceptors (Lipinski definition) is 7. The molecule has 1 aromatic heterocycles. The lowest BCUT2D eigenvalue weighted by molar-refractivity contribution is -0.139. The molecule has 0 unspecified atom stereocenters. The molecular weight excluding hydrogens is 687 g/mol. The van der Waals surface area contributed by atoms with Crippen molar-refractivity contribution in [3.63, 3.8) is 0 Å². The number of fused-ring (bicyclic) bond motifs is 1. The number of hydrogen-bond donors (Lipinski definition) is 0. The lowest BCUT2D eigenvalue weighted by Crippen LogP contribution is -2.40. The number of carbonyl (C=O) groups is 1. The van der Waals surface area contributed by atoms with Crippen molar-refractivity contribution >= 4 is 62.5 Å². The monoisotopic (exact) mass is 714 g/mol. The van der Waals surface area contributed by atoms with Crippen molar-refractivity contribution in [2.24, 2.45) is 4.99 Å². The van der Waals surface area contributed by atoms with E-state index in [0.29, 0.717) is 60.7 Å². The smallest absolute Gasteiger partial charge is 0.338 e. The fourth-order valence-electron chi connectivity index (χ4n) is 4.94. The standard InChI is InChI=1S/C33H29BrCl2N2O5S/c1-4-6-26-29(32(40)42-5-2)30(23-17-21(34)10-14-27(23)41-3)38-31(39)28(44-33(38)37-26)16-19-7-11-22(12-8-19)43-18-20-9-13-24(35)25(36)15-20/h7-17,30H,4-6,18H2,1-3H3/b28-16+/t30-/m0/s1. The SMILES string of the molecule is CCCC1=C(C(=O)OCC)[C@H](c2cc(Br)ccc2OC)n2c(s/c(=C/c3ccc(OCc4ccc(Cl)c(Cl)c4)cc3)c2=O)=N1. The highest BCUT2D eigenvalue weighted by atomic mass is 79.9. The third-order valence-corrected chi connectivity index (χ3v) is 9.16. The quantitative estimate of drug-likeness (QED) is 0.162. The third-order valence-electron chi connectivity index (χ3n) is 6.95. The highest BCUT2D eigenvalue weighted by Crippen LogP contribution is 2.38. The molecule has 0 amide bonds. The van der Waals surface area contributed by atoms with Crippen LogP contribution in [0.4, 0.5) is 0 Å². The second kappa shape index (κ2) is 14.2. The van der Waals surface area contributed by atoms with E-state index in [-0.39, 0.29) is 12.2 Å². The molecule has 1 aliphatic rings. The van der Waals surface area contributed by atoms with Gasteiger partial charge in [0.1, 0.15) is 24.1 Å². The van der Waals surface area contributed by atoms with Gasteiger partial charge in [-0.2, -0.15) is 0 Å². The number of benzene rings is 3. The Labute approximate surface area is 277 Å². The summed E-state index contributed by atoms with van der Waals surface area (Å²) in [7, 11) is 1.56. The van der Waals surface area contributed by atoms with Crippen LogP contribution in [0.15, 0.2) is 86.2 Å². The number of ether oxygens (including phenoxy) is 3. The summed E-state index contributed by atoms with van der Waals surface area (Å²) in [4.78, 5) is 32.8. The highest BCUT2D eigenvalue weighted by Gasteiger charge is 2.36. The summed E-state index contributed by atoms with van der Waals surface area (Å²) < 4.78 is 19.9. The maximum atomic E-state index is 14.1. The third kappa shape index (κ3) is 6.81. The van der Waals surface area contributed by atoms with Crippen LogP contribution < -0.4 is 24.4 Å². The molecule has 0 aliphatic carbocycles. The van der Waals surface area contributed by atoms with E-state index in [2.05, 4.69) is 15.9 Å². The van der Waals surface area contributed by atoms with Crippen LogP contribution in [-0.4, -0.2) is 24.3 Å². The number of thiazole rings is 1. The van der Waals surface area contributed by atoms with Gasteiger partial charge in [0.05, 0.1) is 39.6 Å². The summed E-state index contributed by atoms with van der Waals surface area (Å²) in [6, 6.07) is 17.6. The second-order valence-electron chi connectivity index (χ2n) is 9.91. The first-order valence-corrected chi connectivity index (χ1v) is 16.3. The van der Waals surface area contributed by atoms with Crippen LogP contribution in [-0.2, 0) is 16.1 Å². The van der Waals surface area contributed by atoms with Crippen LogP contribution >= 0.6 is 50.5 Å². The van der Waals surface area contributed by atoms with Crippen LogP contribution in [0.5, 0.6) is 11.5 Å². The first-order valence-electron chi connectivity index (χ1n) is 14.0. The highest BCUT2D eigenvalue weighted by molar-refractivity contribution is 9.10. The fraction of sp³-hybridized carbons (Fsp3) is 0.242. The zero-order chi connectivity index (χ0) is 31.4. The fourth-order valence-corrected chi connectivity index (χ4v) is 6.66. The molecule has 4 aromatic rings. The maximum absolute atomic E-state index is 14.1. The van der Waals surface area contributed by atoms with Crippen molar-refractivity contribution in [1.29, 1.82) is 0 Å². The maximum Gasteiger partial charge on any atom is 0.338 e. The minimum atomic E-state index is -0.779. The first-order chi connectivity index (χ1) is 21.2. The molecule has 5 rings (SSSR count). The van der Waals surface area contributed by atoms with Gasteiger partial charge in [0.2, 0.25) is 0 Å². The molecule has 228 valence electrons. The number of allylic oxidation sites excluding steroid dienone is 1. The number of aromatic nitrogens is 1. The first kappa shape index (κ1) is 32.0. The molecule has 44 heavy (non-hydrogen) atoms. The summed E-state index contributed by atoms with van der Waals surface area (Å²) in [6.07, 6.45) is 3.13. The van der Waals surface area contributed by atoms with Crippen molar-refractivity contribution in [3.8, 4) is 11.5 Å². The van der Waals surface area contributed by atoms with Crippen molar-refractivity contribution in [2.45, 2.75) is 39.3 Å². The van der Waals surface area contributed by atoms with E-state index in [1.165, 1.54) is 11.3 Å². The average Bonchev–Trinajstić information content (AvgIpc) is 3.32. The van der Waals surface area contributed by atoms with Crippen molar-refractivity contribution in [1.82, 2.24) is 4.57 Å². The summed E-state index contributed by atoms with van der Waals surface area (Å²) in [5.41, 5.74) is 3.04. The molecule has 0 saturated heterocycles. The molecule has 7 nitrogen and oxygen atoms in total. The Morgan fingerprint density at radius 3 is 2.52 bits per heavy atom. The van der Waals surface area contributed by atoms with Crippen LogP contribution in [0, 0.1) is 0 Å². The van der Waals surface area contributed by atoms with Gasteiger partial charge in [-0.15, -0.1) is 0 Å². The van der Waals surface area contributed by atoms with Gasteiger partial charge in [0, 0.05) is 10.0 Å². The summed E-state index contributed by atoms with van der Waals surface area (Å²) in [5.74, 6) is 0.709. The number of halogens is 3. The van der Waals surface area contributed by atoms with Gasteiger partial charge in [0.15, 0.2) is 4.80 Å². The molecule has 0 bridgehead atoms. The van der Waals surface area contributed by atoms with Crippen molar-refractivity contribution in [2.75, 3.05) is 13.7 Å². The van der Waals surface area contributed by atoms with Crippen LogP contribution in [0.25, 0.3) is 6.08 Å². The zero-order valence-corrected chi connectivity index (χ0v) is 28.1. The van der Waals surface area contributed by atoms with Gasteiger partial charge in [-0.1, -0.05) is 82.0 Å². The van der Waals surface area contributed by atoms with Gasteiger partial charge in [0.25, 0.3) is 5.56 Å². The lowest BCUT2D eigenvalue weighted by atomic mass is 9.93. The van der Waals surface area contributed by atoms with E-state index in [4.69, 9.17) is 42.4 Å². The summed E-state index contributed by atoms with van der Waals surface area (Å²) >= 11 is 16.9. The summed E-state index contributed by atoms with van der Waals surface area (Å²) in [5, 5.41) is 0.965. The average molecular weight is 716 g/mol. The lowest BCUT2D eigenvalue weighted by Gasteiger charge is -2.27. The van der Waals surface area contributed by atoms with E-state index < -0.39 is 12.0 Å². The topological polar surface area (TPSA) is 79.1 Å². The Balaban J connectivity index is 1.56. The molecule has 1 atom stereocenters. The molecule has 11 heteroatoms. The van der Waals surface area contributed by atoms with Gasteiger partial charge in [-0.25, -0.2) is 9.79 Å². The van der Waals surface area contributed by atoms with Crippen LogP contribution in [0.1, 0.15) is 49.4 Å². The minimum absolute atomic E-state index is 0.196. The largest absolute Gasteiger partial charge is 0.496 e. The van der Waals surface area contributed by atoms with Gasteiger partial charge in [-0.3, -0.25) is 9.36 Å². The molecular formula is C33H29BrCl2N2O5S. The predicted molar refractivity (Wildman–Crippen MR) is 178 cm³/mol. The molecule has 2 heterocycles. The minimum Gasteiger partial charge on any atom is -0.496 e. The molecule has 0 N–H and O–H groups in total. The van der Waals surface area contributed by atoms with Crippen LogP contribution in [0.2, 0.25) is 10.0 Å². The van der Waals surface area contributed by atoms with E-state index in [1.807, 2.05) is 61.5 Å². The number of rotatable bonds is 10. The Kier molecular flexibility index (Phi) is 10.3. The van der Waals surface area contributed by atoms with Crippen LogP contribution in [0.3, 0.4) is 0 Å². The zero-order valence-electron chi connectivity index (χ0n) is 24.2. The van der Waals surface area contributed by atoms with E-state index in [9.17, 15) is 9.59 Å². The Morgan fingerprint density at radius 2 is 1.84 bits per heavy atom. The number of nitrogens with zero attached hydrogens (tertiary/aromatic N) is 2. The molecule has 1 aliphatic heterocycles. The molecule has 0 fully saturated rings. The second-order valence-corrected chi connectivity index (χ2v) is 12.6. The molecule has 0 radical (unpaired) electrons. The number of methoxy groups -OCH3 is 1. The van der Waals surface area contributed by atoms with Gasteiger partial charge >= 0.3 is 5.97 Å². The van der Waals surface area contributed by atoms with Crippen molar-refractivity contribution < 1.29 is 19.0 Å². The van der Waals surface area contributed by atoms with E-state index in [1.54, 1.807) is 30.7 Å².